The Balaban J connectivity index is 0.000000522. The highest BCUT2D eigenvalue weighted by molar-refractivity contribution is 7.85. The van der Waals surface area contributed by atoms with E-state index in [0.717, 1.165) is 43.4 Å². The molecule has 56 heavy (non-hydrogen) atoms. The normalized spacial score (nSPS) is 12.3. The number of aromatic nitrogens is 4. The van der Waals surface area contributed by atoms with E-state index >= 15 is 0 Å². The van der Waals surface area contributed by atoms with Crippen molar-refractivity contribution in [2.45, 2.75) is 37.5 Å². The molecular weight excluding hydrogens is 748 g/mol. The monoisotopic (exact) mass is 785 g/mol. The molecular formula is C40H38F3N7O5S. The van der Waals surface area contributed by atoms with Crippen molar-refractivity contribution in [1.82, 2.24) is 24.2 Å². The average Bonchev–Trinajstić information content (AvgIpc) is 3.72. The van der Waals surface area contributed by atoms with Crippen LogP contribution in [0.4, 0.5) is 18.0 Å². The van der Waals surface area contributed by atoms with Crippen LogP contribution < -0.4 is 11.0 Å². The first-order valence-corrected chi connectivity index (χ1v) is 18.5. The standard InChI is InChI=1S/C34H32F3N7O2.C6H6O3S/c1-22(26-13-9-25(10-14-26)21-44(3,4)5)40-32(45)42-31(30-17-18-39-43(30)28-15-11-24(20-38)12-16-28)23(2)41(33(42)46)29-8-6-7-27(19-29)34(35,36)37;7-10(8,9)6-4-2-1-3-5-6/h6-19,22H,21H2,1-5H3;1-5H,(H,7,8,9)/t22-;/m0./s1. The van der Waals surface area contributed by atoms with Gasteiger partial charge in [0.05, 0.1) is 78.2 Å². The smallest absolute Gasteiger partial charge is 0.416 e. The van der Waals surface area contributed by atoms with Crippen LogP contribution in [0.1, 0.15) is 40.9 Å². The maximum Gasteiger partial charge on any atom is 0.416 e. The van der Waals surface area contributed by atoms with Crippen molar-refractivity contribution >= 4 is 16.1 Å². The van der Waals surface area contributed by atoms with E-state index in [0.29, 0.717) is 16.9 Å². The van der Waals surface area contributed by atoms with Gasteiger partial charge in [0.15, 0.2) is 0 Å². The fraction of sp³-hybridized carbons (Fsp3) is 0.200. The van der Waals surface area contributed by atoms with Crippen molar-refractivity contribution in [3.63, 3.8) is 0 Å². The minimum atomic E-state index is -4.64. The molecule has 0 radical (unpaired) electrons. The van der Waals surface area contributed by atoms with Crippen LogP contribution in [0.15, 0.2) is 125 Å². The number of alkyl halides is 3. The summed E-state index contributed by atoms with van der Waals surface area (Å²) in [6.45, 7) is 4.16. The Bertz CT molecular complexity index is 2550. The number of nitrogens with zero attached hydrogens (tertiary/aromatic N) is 6. The SMILES string of the molecule is Cc1c(-c2ccnn2-c2ccc(C#N)cc2)n(C(=O)N[C@@H](C)c2ccc(C[N+](C)(C)C)cc2)c(=O)n1-c1cccc(C(F)(F)F)c1.O=S(=O)([O-])c1ccccc1. The Morgan fingerprint density at radius 1 is 0.929 bits per heavy atom. The quantitative estimate of drug-likeness (QED) is 0.131. The summed E-state index contributed by atoms with van der Waals surface area (Å²) in [4.78, 5) is 27.8. The lowest BCUT2D eigenvalue weighted by molar-refractivity contribution is -0.884. The first-order valence-electron chi connectivity index (χ1n) is 17.1. The zero-order valence-electron chi connectivity index (χ0n) is 31.0. The van der Waals surface area contributed by atoms with Gasteiger partial charge in [0, 0.05) is 5.56 Å². The van der Waals surface area contributed by atoms with Gasteiger partial charge in [0.25, 0.3) is 0 Å². The van der Waals surface area contributed by atoms with Crippen molar-refractivity contribution in [3.8, 4) is 28.8 Å². The molecule has 0 spiro atoms. The topological polar surface area (TPSA) is 155 Å². The summed E-state index contributed by atoms with van der Waals surface area (Å²) in [6.07, 6.45) is -3.15. The van der Waals surface area contributed by atoms with Crippen LogP contribution in [0, 0.1) is 18.3 Å². The molecule has 0 aliphatic heterocycles. The predicted molar refractivity (Wildman–Crippen MR) is 202 cm³/mol. The van der Waals surface area contributed by atoms with Gasteiger partial charge in [-0.1, -0.05) is 48.5 Å². The van der Waals surface area contributed by atoms with Crippen LogP contribution in [0.2, 0.25) is 0 Å². The zero-order valence-corrected chi connectivity index (χ0v) is 31.8. The number of benzene rings is 4. The fourth-order valence-electron chi connectivity index (χ4n) is 5.97. The number of amides is 1. The molecule has 6 aromatic rings. The lowest BCUT2D eigenvalue weighted by Gasteiger charge is -2.24. The molecule has 2 heterocycles. The van der Waals surface area contributed by atoms with Gasteiger partial charge in [-0.2, -0.15) is 23.5 Å². The molecule has 1 N–H and O–H groups in total. The number of quaternary nitrogens is 1. The minimum absolute atomic E-state index is 0.0459. The zero-order chi connectivity index (χ0) is 41.0. The first-order chi connectivity index (χ1) is 26.3. The second-order valence-electron chi connectivity index (χ2n) is 13.9. The Labute approximate surface area is 321 Å². The van der Waals surface area contributed by atoms with E-state index in [1.807, 2.05) is 24.3 Å². The van der Waals surface area contributed by atoms with Gasteiger partial charge in [0.1, 0.15) is 22.4 Å². The Morgan fingerprint density at radius 3 is 2.12 bits per heavy atom. The molecule has 4 aromatic carbocycles. The highest BCUT2D eigenvalue weighted by Crippen LogP contribution is 2.32. The molecule has 0 fully saturated rings. The molecule has 0 saturated heterocycles. The third-order valence-electron chi connectivity index (χ3n) is 8.55. The molecule has 16 heteroatoms. The second kappa shape index (κ2) is 16.2. The van der Waals surface area contributed by atoms with Gasteiger partial charge in [-0.3, -0.25) is 4.57 Å². The maximum absolute atomic E-state index is 14.1. The van der Waals surface area contributed by atoms with Gasteiger partial charge in [-0.15, -0.1) is 0 Å². The Kier molecular flexibility index (Phi) is 11.8. The average molecular weight is 786 g/mol. The molecule has 1 amide bonds. The highest BCUT2D eigenvalue weighted by Gasteiger charge is 2.32. The van der Waals surface area contributed by atoms with Gasteiger partial charge in [-0.25, -0.2) is 27.3 Å². The number of nitriles is 1. The fourth-order valence-corrected chi connectivity index (χ4v) is 6.46. The highest BCUT2D eigenvalue weighted by atomic mass is 32.2. The lowest BCUT2D eigenvalue weighted by Crippen LogP contribution is -2.38. The van der Waals surface area contributed by atoms with E-state index in [4.69, 9.17) is 0 Å². The summed E-state index contributed by atoms with van der Waals surface area (Å²) < 4.78 is 76.0. The van der Waals surface area contributed by atoms with Crippen LogP contribution in [0.3, 0.4) is 0 Å². The molecule has 12 nitrogen and oxygen atoms in total. The van der Waals surface area contributed by atoms with E-state index in [-0.39, 0.29) is 22.0 Å². The molecule has 0 unspecified atom stereocenters. The Hall–Kier alpha value is -6.28. The van der Waals surface area contributed by atoms with Gasteiger partial charge >= 0.3 is 17.9 Å². The number of hydrogen-bond acceptors (Lipinski definition) is 7. The van der Waals surface area contributed by atoms with Crippen LogP contribution in [0.25, 0.3) is 22.8 Å². The van der Waals surface area contributed by atoms with E-state index in [1.165, 1.54) is 47.3 Å². The van der Waals surface area contributed by atoms with Crippen LogP contribution in [0.5, 0.6) is 0 Å². The number of carbonyl (C=O) groups excluding carboxylic acids is 1. The molecule has 0 aliphatic rings. The van der Waals surface area contributed by atoms with E-state index in [9.17, 15) is 41.0 Å². The van der Waals surface area contributed by atoms with Gasteiger partial charge in [-0.05, 0) is 80.1 Å². The molecule has 290 valence electrons. The van der Waals surface area contributed by atoms with Crippen LogP contribution >= 0.6 is 0 Å². The van der Waals surface area contributed by atoms with Crippen molar-refractivity contribution in [2.24, 2.45) is 0 Å². The lowest BCUT2D eigenvalue weighted by atomic mass is 10.1. The second-order valence-corrected chi connectivity index (χ2v) is 15.2. The summed E-state index contributed by atoms with van der Waals surface area (Å²) in [7, 11) is 2.02. The molecule has 0 aliphatic carbocycles. The predicted octanol–water partition coefficient (Wildman–Crippen LogP) is 6.81. The molecule has 0 bridgehead atoms. The van der Waals surface area contributed by atoms with Crippen molar-refractivity contribution in [3.05, 3.63) is 154 Å². The minimum Gasteiger partial charge on any atom is -0.744 e. The van der Waals surface area contributed by atoms with Crippen molar-refractivity contribution in [2.75, 3.05) is 21.1 Å². The summed E-state index contributed by atoms with van der Waals surface area (Å²) in [6, 6.07) is 28.3. The summed E-state index contributed by atoms with van der Waals surface area (Å²) in [5.74, 6) is 0. The number of carbonyl (C=O) groups is 1. The van der Waals surface area contributed by atoms with E-state index in [2.05, 4.69) is 37.6 Å². The maximum atomic E-state index is 14.1. The number of rotatable bonds is 8. The molecule has 2 aromatic heterocycles. The van der Waals surface area contributed by atoms with Crippen LogP contribution in [-0.2, 0) is 22.8 Å². The van der Waals surface area contributed by atoms with Crippen molar-refractivity contribution in [1.29, 1.82) is 5.26 Å². The third kappa shape index (κ3) is 9.50. The number of halogens is 3. The van der Waals surface area contributed by atoms with E-state index < -0.39 is 39.6 Å². The number of hydrogen-bond donors (Lipinski definition) is 1. The first kappa shape index (κ1) is 40.9. The summed E-state index contributed by atoms with van der Waals surface area (Å²) in [5, 5.41) is 16.5. The van der Waals surface area contributed by atoms with Crippen LogP contribution in [-0.4, -0.2) is 63.5 Å². The summed E-state index contributed by atoms with van der Waals surface area (Å²) >= 11 is 0. The Morgan fingerprint density at radius 2 is 1.57 bits per heavy atom. The number of nitrogens with one attached hydrogen (secondary N) is 1. The third-order valence-corrected chi connectivity index (χ3v) is 9.40. The molecule has 1 atom stereocenters. The van der Waals surface area contributed by atoms with E-state index in [1.54, 1.807) is 50.2 Å². The number of imidazole rings is 1. The molecule has 0 saturated carbocycles. The van der Waals surface area contributed by atoms with Gasteiger partial charge < -0.3 is 14.4 Å². The van der Waals surface area contributed by atoms with Crippen molar-refractivity contribution < 1.29 is 35.4 Å². The largest absolute Gasteiger partial charge is 0.744 e. The molecule has 6 rings (SSSR count). The summed E-state index contributed by atoms with van der Waals surface area (Å²) in [5.41, 5.74) is 1.81. The van der Waals surface area contributed by atoms with Gasteiger partial charge in [0.2, 0.25) is 0 Å².